The van der Waals surface area contributed by atoms with E-state index in [1.165, 1.54) is 10.6 Å². The number of phenols is 1. The van der Waals surface area contributed by atoms with Crippen LogP contribution in [0.15, 0.2) is 32.9 Å². The molecule has 0 bridgehead atoms. The Morgan fingerprint density at radius 2 is 2.14 bits per heavy atom. The van der Waals surface area contributed by atoms with Gasteiger partial charge in [0.2, 0.25) is 5.95 Å². The standard InChI is InChI=1S/C19H24N6O4/c1-5-29-14-8-12(6-7-13(14)26)9-20-23-18-21-16-15(25(18)10-11(2)3)17(27)22-19(28)24(16)4/h6-9,11,26H,5,10H2,1-4H3,(H,21,23)(H,22,27,28)/b20-9+. The van der Waals surface area contributed by atoms with Gasteiger partial charge in [-0.05, 0) is 36.6 Å². The lowest BCUT2D eigenvalue weighted by Gasteiger charge is -2.10. The normalized spacial score (nSPS) is 11.6. The number of hydrogen-bond donors (Lipinski definition) is 3. The largest absolute Gasteiger partial charge is 0.504 e. The molecule has 0 atom stereocenters. The maximum absolute atomic E-state index is 12.4. The van der Waals surface area contributed by atoms with Crippen molar-refractivity contribution in [3.63, 3.8) is 0 Å². The van der Waals surface area contributed by atoms with Crippen molar-refractivity contribution in [3.05, 3.63) is 44.6 Å². The van der Waals surface area contributed by atoms with Gasteiger partial charge < -0.3 is 14.4 Å². The summed E-state index contributed by atoms with van der Waals surface area (Å²) in [4.78, 5) is 30.9. The second kappa shape index (κ2) is 8.21. The zero-order valence-corrected chi connectivity index (χ0v) is 16.8. The molecule has 0 aliphatic rings. The maximum atomic E-state index is 12.4. The highest BCUT2D eigenvalue weighted by Gasteiger charge is 2.17. The van der Waals surface area contributed by atoms with Crippen LogP contribution in [0, 0.1) is 5.92 Å². The summed E-state index contributed by atoms with van der Waals surface area (Å²) in [5.74, 6) is 1.00. The number of rotatable bonds is 7. The molecule has 29 heavy (non-hydrogen) atoms. The Morgan fingerprint density at radius 1 is 1.38 bits per heavy atom. The van der Waals surface area contributed by atoms with E-state index in [2.05, 4.69) is 20.5 Å². The van der Waals surface area contributed by atoms with E-state index in [-0.39, 0.29) is 17.3 Å². The predicted molar refractivity (Wildman–Crippen MR) is 111 cm³/mol. The topological polar surface area (TPSA) is 127 Å². The van der Waals surface area contributed by atoms with Crippen molar-refractivity contribution in [2.75, 3.05) is 12.0 Å². The van der Waals surface area contributed by atoms with Gasteiger partial charge in [-0.1, -0.05) is 13.8 Å². The lowest BCUT2D eigenvalue weighted by molar-refractivity contribution is 0.318. The molecule has 10 nitrogen and oxygen atoms in total. The van der Waals surface area contributed by atoms with Crippen LogP contribution >= 0.6 is 0 Å². The Morgan fingerprint density at radius 3 is 2.83 bits per heavy atom. The fraction of sp³-hybridized carbons (Fsp3) is 0.368. The second-order valence-corrected chi connectivity index (χ2v) is 6.96. The summed E-state index contributed by atoms with van der Waals surface area (Å²) in [7, 11) is 1.55. The molecule has 0 radical (unpaired) electrons. The highest BCUT2D eigenvalue weighted by molar-refractivity contribution is 5.81. The van der Waals surface area contributed by atoms with E-state index in [4.69, 9.17) is 4.74 Å². The third kappa shape index (κ3) is 4.15. The summed E-state index contributed by atoms with van der Waals surface area (Å²) in [5.41, 5.74) is 3.11. The number of hydrogen-bond acceptors (Lipinski definition) is 7. The van der Waals surface area contributed by atoms with Crippen LogP contribution in [-0.2, 0) is 13.6 Å². The second-order valence-electron chi connectivity index (χ2n) is 6.96. The number of benzene rings is 1. The first-order valence-electron chi connectivity index (χ1n) is 9.26. The first kappa shape index (κ1) is 20.2. The number of H-pyrrole nitrogens is 1. The molecule has 3 aromatic rings. The van der Waals surface area contributed by atoms with Gasteiger partial charge in [-0.2, -0.15) is 10.1 Å². The van der Waals surface area contributed by atoms with E-state index in [9.17, 15) is 14.7 Å². The molecule has 0 spiro atoms. The van der Waals surface area contributed by atoms with Gasteiger partial charge in [-0.25, -0.2) is 10.2 Å². The number of nitrogens with zero attached hydrogens (tertiary/aromatic N) is 4. The summed E-state index contributed by atoms with van der Waals surface area (Å²) in [5, 5.41) is 14.0. The quantitative estimate of drug-likeness (QED) is 0.409. The Hall–Kier alpha value is -3.56. The number of phenolic OH excluding ortho intramolecular Hbond substituents is 1. The van der Waals surface area contributed by atoms with E-state index in [1.807, 2.05) is 20.8 Å². The van der Waals surface area contributed by atoms with Crippen molar-refractivity contribution >= 4 is 23.3 Å². The third-order valence-electron chi connectivity index (χ3n) is 4.22. The highest BCUT2D eigenvalue weighted by atomic mass is 16.5. The van der Waals surface area contributed by atoms with Crippen LogP contribution in [0.2, 0.25) is 0 Å². The SMILES string of the molecule is CCOc1cc(/C=N/Nc2nc3c(c(=O)[nH]c(=O)n3C)n2CC(C)C)ccc1O. The monoisotopic (exact) mass is 400 g/mol. The number of imidazole rings is 1. The summed E-state index contributed by atoms with van der Waals surface area (Å²) >= 11 is 0. The van der Waals surface area contributed by atoms with Crippen molar-refractivity contribution in [2.24, 2.45) is 18.1 Å². The van der Waals surface area contributed by atoms with E-state index in [0.29, 0.717) is 35.9 Å². The van der Waals surface area contributed by atoms with E-state index in [1.54, 1.807) is 30.0 Å². The highest BCUT2D eigenvalue weighted by Crippen LogP contribution is 2.26. The molecule has 1 aromatic carbocycles. The molecule has 10 heteroatoms. The molecule has 0 saturated carbocycles. The number of hydrazone groups is 1. The molecular weight excluding hydrogens is 376 g/mol. The van der Waals surface area contributed by atoms with Crippen molar-refractivity contribution in [2.45, 2.75) is 27.3 Å². The average molecular weight is 400 g/mol. The van der Waals surface area contributed by atoms with Gasteiger partial charge in [-0.15, -0.1) is 0 Å². The minimum absolute atomic E-state index is 0.0517. The number of fused-ring (bicyclic) bond motifs is 1. The van der Waals surface area contributed by atoms with E-state index < -0.39 is 11.2 Å². The van der Waals surface area contributed by atoms with Gasteiger partial charge in [0.15, 0.2) is 22.7 Å². The first-order chi connectivity index (χ1) is 13.8. The molecule has 154 valence electrons. The smallest absolute Gasteiger partial charge is 0.329 e. The number of aromatic amines is 1. The molecule has 0 amide bonds. The molecule has 0 saturated heterocycles. The number of aryl methyl sites for hydroxylation is 1. The minimum atomic E-state index is -0.528. The van der Waals surface area contributed by atoms with Gasteiger partial charge in [-0.3, -0.25) is 14.3 Å². The van der Waals surface area contributed by atoms with Gasteiger partial charge in [0.1, 0.15) is 0 Å². The lowest BCUT2D eigenvalue weighted by atomic mass is 10.2. The van der Waals surface area contributed by atoms with Crippen LogP contribution in [0.4, 0.5) is 5.95 Å². The molecular formula is C19H24N6O4. The van der Waals surface area contributed by atoms with Crippen LogP contribution in [0.3, 0.4) is 0 Å². The van der Waals surface area contributed by atoms with E-state index in [0.717, 1.165) is 0 Å². The minimum Gasteiger partial charge on any atom is -0.504 e. The van der Waals surface area contributed by atoms with Gasteiger partial charge >= 0.3 is 5.69 Å². The van der Waals surface area contributed by atoms with Crippen LogP contribution in [-0.4, -0.2) is 37.0 Å². The van der Waals surface area contributed by atoms with Gasteiger partial charge in [0, 0.05) is 13.6 Å². The third-order valence-corrected chi connectivity index (χ3v) is 4.22. The fourth-order valence-corrected chi connectivity index (χ4v) is 2.91. The summed E-state index contributed by atoms with van der Waals surface area (Å²) < 4.78 is 8.36. The number of ether oxygens (including phenoxy) is 1. The van der Waals surface area contributed by atoms with E-state index >= 15 is 0 Å². The van der Waals surface area contributed by atoms with Crippen molar-refractivity contribution in [1.82, 2.24) is 19.1 Å². The van der Waals surface area contributed by atoms with Crippen LogP contribution in [0.25, 0.3) is 11.2 Å². The fourth-order valence-electron chi connectivity index (χ4n) is 2.91. The Kier molecular flexibility index (Phi) is 5.71. The molecule has 0 fully saturated rings. The van der Waals surface area contributed by atoms with Crippen molar-refractivity contribution in [3.8, 4) is 11.5 Å². The molecule has 3 N–H and O–H groups in total. The Bertz CT molecular complexity index is 1170. The molecule has 2 heterocycles. The molecule has 0 unspecified atom stereocenters. The summed E-state index contributed by atoms with van der Waals surface area (Å²) in [6, 6.07) is 4.87. The predicted octanol–water partition coefficient (Wildman–Crippen LogP) is 1.63. The maximum Gasteiger partial charge on any atom is 0.329 e. The van der Waals surface area contributed by atoms with Crippen LogP contribution in [0.5, 0.6) is 11.5 Å². The molecule has 0 aliphatic heterocycles. The molecule has 0 aliphatic carbocycles. The molecule has 2 aromatic heterocycles. The van der Waals surface area contributed by atoms with Crippen molar-refractivity contribution < 1.29 is 9.84 Å². The zero-order valence-electron chi connectivity index (χ0n) is 16.8. The number of aromatic hydroxyl groups is 1. The van der Waals surface area contributed by atoms with Crippen molar-refractivity contribution in [1.29, 1.82) is 0 Å². The van der Waals surface area contributed by atoms with Crippen LogP contribution in [0.1, 0.15) is 26.3 Å². The first-order valence-corrected chi connectivity index (χ1v) is 9.26. The van der Waals surface area contributed by atoms with Gasteiger partial charge in [0.25, 0.3) is 5.56 Å². The molecule has 3 rings (SSSR count). The Labute approximate surface area is 166 Å². The summed E-state index contributed by atoms with van der Waals surface area (Å²) in [6.07, 6.45) is 1.55. The number of anilines is 1. The number of nitrogens with one attached hydrogen (secondary N) is 2. The van der Waals surface area contributed by atoms with Gasteiger partial charge in [0.05, 0.1) is 12.8 Å². The lowest BCUT2D eigenvalue weighted by Crippen LogP contribution is -2.29. The van der Waals surface area contributed by atoms with Crippen LogP contribution < -0.4 is 21.4 Å². The zero-order chi connectivity index (χ0) is 21.1. The average Bonchev–Trinajstić information content (AvgIpc) is 3.01. The summed E-state index contributed by atoms with van der Waals surface area (Å²) in [6.45, 7) is 6.81. The Balaban J connectivity index is 1.97. The number of aromatic nitrogens is 4.